The summed E-state index contributed by atoms with van der Waals surface area (Å²) in [5.74, 6) is 1.29. The molecule has 0 aliphatic heterocycles. The number of hydrogen-bond acceptors (Lipinski definition) is 2. The molecule has 0 radical (unpaired) electrons. The summed E-state index contributed by atoms with van der Waals surface area (Å²) in [5, 5.41) is 0.819. The first kappa shape index (κ1) is 21.8. The lowest BCUT2D eigenvalue weighted by atomic mass is 10.1. The highest BCUT2D eigenvalue weighted by Crippen LogP contribution is 2.27. The summed E-state index contributed by atoms with van der Waals surface area (Å²) in [6, 6.07) is 23.7. The fourth-order valence-corrected chi connectivity index (χ4v) is 5.22. The monoisotopic (exact) mass is 424 g/mol. The average Bonchev–Trinajstić information content (AvgIpc) is 2.75. The standard InChI is InChI=1S/C25H26F2O2Si/c1-4-28-20-13-15-23(16-14-20)30(2,3)25(27)24(26)18-19-9-8-12-22(17-19)29-21-10-6-5-7-11-21/h5-17H,4,18H2,1-3H3/b25-24+. The first-order valence-electron chi connectivity index (χ1n) is 10.00. The zero-order valence-electron chi connectivity index (χ0n) is 17.5. The van der Waals surface area contributed by atoms with E-state index in [1.54, 1.807) is 24.3 Å². The molecule has 156 valence electrons. The van der Waals surface area contributed by atoms with Crippen LogP contribution in [0.5, 0.6) is 17.2 Å². The van der Waals surface area contributed by atoms with Gasteiger partial charge in [-0.2, -0.15) is 0 Å². The molecule has 0 bridgehead atoms. The molecular formula is C25H26F2O2Si. The van der Waals surface area contributed by atoms with Gasteiger partial charge in [-0.25, -0.2) is 8.78 Å². The van der Waals surface area contributed by atoms with Gasteiger partial charge in [0.25, 0.3) is 0 Å². The van der Waals surface area contributed by atoms with Crippen molar-refractivity contribution in [1.29, 1.82) is 0 Å². The van der Waals surface area contributed by atoms with E-state index in [2.05, 4.69) is 0 Å². The molecule has 0 unspecified atom stereocenters. The van der Waals surface area contributed by atoms with Crippen molar-refractivity contribution >= 4 is 13.3 Å². The highest BCUT2D eigenvalue weighted by Gasteiger charge is 2.32. The molecule has 0 aliphatic rings. The van der Waals surface area contributed by atoms with E-state index in [9.17, 15) is 4.39 Å². The molecular weight excluding hydrogens is 398 g/mol. The van der Waals surface area contributed by atoms with Crippen LogP contribution in [0.25, 0.3) is 0 Å². The van der Waals surface area contributed by atoms with Gasteiger partial charge in [-0.3, -0.25) is 0 Å². The topological polar surface area (TPSA) is 18.5 Å². The normalized spacial score (nSPS) is 12.3. The predicted octanol–water partition coefficient (Wildman–Crippen LogP) is 6.73. The lowest BCUT2D eigenvalue weighted by Crippen LogP contribution is -2.43. The second kappa shape index (κ2) is 9.72. The number of para-hydroxylation sites is 1. The summed E-state index contributed by atoms with van der Waals surface area (Å²) in [5.41, 5.74) is 0.0219. The van der Waals surface area contributed by atoms with Crippen LogP contribution in [-0.4, -0.2) is 14.7 Å². The molecule has 3 aromatic carbocycles. The van der Waals surface area contributed by atoms with Gasteiger partial charge in [-0.05, 0) is 48.9 Å². The lowest BCUT2D eigenvalue weighted by Gasteiger charge is -2.22. The number of halogens is 2. The zero-order valence-corrected chi connectivity index (χ0v) is 18.5. The summed E-state index contributed by atoms with van der Waals surface area (Å²) in [6.45, 7) is 6.10. The van der Waals surface area contributed by atoms with E-state index in [4.69, 9.17) is 9.47 Å². The highest BCUT2D eigenvalue weighted by atomic mass is 28.3. The number of benzene rings is 3. The molecule has 0 aliphatic carbocycles. The van der Waals surface area contributed by atoms with Crippen molar-refractivity contribution < 1.29 is 18.3 Å². The molecule has 5 heteroatoms. The fourth-order valence-electron chi connectivity index (χ4n) is 3.20. The maximum atomic E-state index is 15.1. The quantitative estimate of drug-likeness (QED) is 0.374. The van der Waals surface area contributed by atoms with Gasteiger partial charge in [0.15, 0.2) is 8.07 Å². The lowest BCUT2D eigenvalue weighted by molar-refractivity contribution is 0.340. The van der Waals surface area contributed by atoms with Crippen molar-refractivity contribution in [2.24, 2.45) is 0 Å². The Morgan fingerprint density at radius 3 is 2.13 bits per heavy atom. The summed E-state index contributed by atoms with van der Waals surface area (Å²) >= 11 is 0. The Kier molecular flexibility index (Phi) is 7.06. The Hall–Kier alpha value is -2.92. The van der Waals surface area contributed by atoms with Crippen LogP contribution in [0.2, 0.25) is 13.1 Å². The second-order valence-electron chi connectivity index (χ2n) is 7.54. The Morgan fingerprint density at radius 2 is 1.47 bits per heavy atom. The van der Waals surface area contributed by atoms with Crippen molar-refractivity contribution in [2.45, 2.75) is 26.4 Å². The van der Waals surface area contributed by atoms with Crippen LogP contribution < -0.4 is 14.7 Å². The number of allylic oxidation sites excluding steroid dienone is 1. The predicted molar refractivity (Wildman–Crippen MR) is 121 cm³/mol. The molecule has 0 spiro atoms. The molecule has 0 atom stereocenters. The maximum absolute atomic E-state index is 15.1. The van der Waals surface area contributed by atoms with Gasteiger partial charge in [0.2, 0.25) is 0 Å². The van der Waals surface area contributed by atoms with Crippen molar-refractivity contribution in [3.63, 3.8) is 0 Å². The number of hydrogen-bond donors (Lipinski definition) is 0. The van der Waals surface area contributed by atoms with Crippen LogP contribution in [0.3, 0.4) is 0 Å². The van der Waals surface area contributed by atoms with Crippen molar-refractivity contribution in [3.05, 3.63) is 95.7 Å². The van der Waals surface area contributed by atoms with Crippen LogP contribution in [0.4, 0.5) is 8.78 Å². The molecule has 2 nitrogen and oxygen atoms in total. The zero-order chi connectivity index (χ0) is 21.6. The third-order valence-corrected chi connectivity index (χ3v) is 8.06. The minimum absolute atomic E-state index is 0.106. The van der Waals surface area contributed by atoms with E-state index in [0.29, 0.717) is 23.7 Å². The van der Waals surface area contributed by atoms with Gasteiger partial charge in [0.05, 0.1) is 6.61 Å². The average molecular weight is 425 g/mol. The Balaban J connectivity index is 1.77. The minimum Gasteiger partial charge on any atom is -0.494 e. The largest absolute Gasteiger partial charge is 0.494 e. The Labute approximate surface area is 177 Å². The molecule has 0 fully saturated rings. The van der Waals surface area contributed by atoms with Crippen LogP contribution in [0, 0.1) is 0 Å². The van der Waals surface area contributed by atoms with E-state index in [0.717, 1.165) is 10.9 Å². The molecule has 0 saturated heterocycles. The number of ether oxygens (including phenoxy) is 2. The van der Waals surface area contributed by atoms with E-state index >= 15 is 4.39 Å². The molecule has 3 aromatic rings. The van der Waals surface area contributed by atoms with Crippen molar-refractivity contribution in [3.8, 4) is 17.2 Å². The Morgan fingerprint density at radius 1 is 0.800 bits per heavy atom. The summed E-state index contributed by atoms with van der Waals surface area (Å²) in [4.78, 5) is 0. The van der Waals surface area contributed by atoms with Gasteiger partial charge in [0, 0.05) is 6.42 Å². The SMILES string of the molecule is CCOc1ccc([Si](C)(C)/C(F)=C(/F)Cc2cccc(Oc3ccccc3)c2)cc1. The molecule has 30 heavy (non-hydrogen) atoms. The van der Waals surface area contributed by atoms with E-state index in [-0.39, 0.29) is 6.42 Å². The van der Waals surface area contributed by atoms with E-state index < -0.39 is 19.4 Å². The van der Waals surface area contributed by atoms with E-state index in [1.807, 2.05) is 74.6 Å². The Bertz CT molecular complexity index is 999. The van der Waals surface area contributed by atoms with Crippen molar-refractivity contribution in [2.75, 3.05) is 6.61 Å². The van der Waals surface area contributed by atoms with Gasteiger partial charge < -0.3 is 9.47 Å². The molecule has 0 saturated carbocycles. The van der Waals surface area contributed by atoms with Gasteiger partial charge in [0.1, 0.15) is 28.5 Å². The first-order valence-corrected chi connectivity index (χ1v) is 13.0. The van der Waals surface area contributed by atoms with Gasteiger partial charge >= 0.3 is 0 Å². The number of rotatable bonds is 8. The smallest absolute Gasteiger partial charge is 0.151 e. The van der Waals surface area contributed by atoms with Crippen LogP contribution in [0.1, 0.15) is 12.5 Å². The van der Waals surface area contributed by atoms with Crippen molar-refractivity contribution in [1.82, 2.24) is 0 Å². The maximum Gasteiger partial charge on any atom is 0.151 e. The van der Waals surface area contributed by atoms with Gasteiger partial charge in [-0.1, -0.05) is 60.7 Å². The highest BCUT2D eigenvalue weighted by molar-refractivity contribution is 6.95. The molecule has 0 aromatic heterocycles. The van der Waals surface area contributed by atoms with E-state index in [1.165, 1.54) is 0 Å². The minimum atomic E-state index is -2.77. The van der Waals surface area contributed by atoms with Crippen LogP contribution in [-0.2, 0) is 6.42 Å². The molecule has 0 heterocycles. The van der Waals surface area contributed by atoms with Gasteiger partial charge in [-0.15, -0.1) is 0 Å². The second-order valence-corrected chi connectivity index (χ2v) is 11.8. The molecule has 3 rings (SSSR count). The third-order valence-electron chi connectivity index (χ3n) is 4.91. The summed E-state index contributed by atoms with van der Waals surface area (Å²) < 4.78 is 41.3. The third kappa shape index (κ3) is 5.36. The molecule has 0 amide bonds. The van der Waals surface area contributed by atoms with Crippen LogP contribution >= 0.6 is 0 Å². The summed E-state index contributed by atoms with van der Waals surface area (Å²) in [7, 11) is -2.77. The first-order chi connectivity index (χ1) is 14.4. The summed E-state index contributed by atoms with van der Waals surface area (Å²) in [6.07, 6.45) is -0.106. The van der Waals surface area contributed by atoms with Crippen LogP contribution in [0.15, 0.2) is 90.1 Å². The molecule has 0 N–H and O–H groups in total. The fraction of sp³-hybridized carbons (Fsp3) is 0.200.